The summed E-state index contributed by atoms with van der Waals surface area (Å²) in [6.45, 7) is 3.61. The van der Waals surface area contributed by atoms with Gasteiger partial charge in [0.05, 0.1) is 6.04 Å². The summed E-state index contributed by atoms with van der Waals surface area (Å²) in [5, 5.41) is 20.5. The molecule has 0 radical (unpaired) electrons. The van der Waals surface area contributed by atoms with Crippen molar-refractivity contribution in [3.8, 4) is 5.75 Å². The molecule has 0 spiro atoms. The number of carbonyl (C=O) groups excluding carboxylic acids is 1. The fourth-order valence-corrected chi connectivity index (χ4v) is 4.40. The number of benzene rings is 2. The van der Waals surface area contributed by atoms with Gasteiger partial charge in [0.25, 0.3) is 5.91 Å². The highest BCUT2D eigenvalue weighted by molar-refractivity contribution is 5.96. The van der Waals surface area contributed by atoms with Crippen molar-refractivity contribution in [1.29, 1.82) is 0 Å². The van der Waals surface area contributed by atoms with E-state index in [-0.39, 0.29) is 29.5 Å². The molecule has 1 aromatic heterocycles. The van der Waals surface area contributed by atoms with Gasteiger partial charge in [-0.3, -0.25) is 9.59 Å². The quantitative estimate of drug-likeness (QED) is 0.663. The summed E-state index contributed by atoms with van der Waals surface area (Å²) in [6.07, 6.45) is 0. The van der Waals surface area contributed by atoms with Crippen LogP contribution in [0.3, 0.4) is 0 Å². The van der Waals surface area contributed by atoms with E-state index in [1.54, 1.807) is 9.47 Å². The molecule has 1 aliphatic heterocycles. The monoisotopic (exact) mass is 419 g/mol. The lowest BCUT2D eigenvalue weighted by molar-refractivity contribution is 0.0575. The second-order valence-electron chi connectivity index (χ2n) is 7.98. The van der Waals surface area contributed by atoms with E-state index in [2.05, 4.69) is 4.98 Å². The number of aromatic nitrogens is 2. The maximum Gasteiger partial charge on any atom is 0.316 e. The maximum atomic E-state index is 13.2. The summed E-state index contributed by atoms with van der Waals surface area (Å²) in [4.78, 5) is 31.0. The number of aromatic hydroxyl groups is 1. The molecule has 1 amide bonds. The first-order valence-electron chi connectivity index (χ1n) is 10.3. The molecular weight excluding hydrogens is 394 g/mol. The van der Waals surface area contributed by atoms with Crippen LogP contribution in [-0.4, -0.2) is 43.2 Å². The van der Waals surface area contributed by atoms with Crippen LogP contribution in [0.25, 0.3) is 0 Å². The maximum absolute atomic E-state index is 13.2. The molecule has 2 heterocycles. The number of carbonyl (C=O) groups is 1. The van der Waals surface area contributed by atoms with Crippen LogP contribution in [-0.2, 0) is 6.61 Å². The number of amides is 1. The summed E-state index contributed by atoms with van der Waals surface area (Å²) in [7, 11) is 0. The second-order valence-corrected chi connectivity index (χ2v) is 7.98. The van der Waals surface area contributed by atoms with Crippen molar-refractivity contribution >= 4 is 5.91 Å². The van der Waals surface area contributed by atoms with E-state index < -0.39 is 23.8 Å². The van der Waals surface area contributed by atoms with E-state index >= 15 is 0 Å². The van der Waals surface area contributed by atoms with Crippen molar-refractivity contribution in [2.75, 3.05) is 6.54 Å². The van der Waals surface area contributed by atoms with Gasteiger partial charge in [-0.05, 0) is 25.0 Å². The molecule has 31 heavy (non-hydrogen) atoms. The summed E-state index contributed by atoms with van der Waals surface area (Å²) in [5.74, 6) is -1.27. The molecule has 2 aromatic carbocycles. The fourth-order valence-electron chi connectivity index (χ4n) is 4.40. The molecule has 7 nitrogen and oxygen atoms in total. The Labute approximate surface area is 180 Å². The van der Waals surface area contributed by atoms with E-state index in [1.807, 2.05) is 74.5 Å². The van der Waals surface area contributed by atoms with Crippen LogP contribution in [0.1, 0.15) is 53.2 Å². The lowest BCUT2D eigenvalue weighted by atomic mass is 9.83. The molecular formula is C24H25N3O4. The van der Waals surface area contributed by atoms with Crippen LogP contribution < -0.4 is 5.56 Å². The third-order valence-electron chi connectivity index (χ3n) is 5.82. The zero-order valence-corrected chi connectivity index (χ0v) is 17.5. The van der Waals surface area contributed by atoms with E-state index in [1.165, 1.54) is 0 Å². The number of hydrogen-bond acceptors (Lipinski definition) is 5. The number of aliphatic hydroxyl groups is 1. The molecule has 0 saturated heterocycles. The Morgan fingerprint density at radius 2 is 1.55 bits per heavy atom. The standard InChI is InChI=1S/C24H25N3O4/c1-15(2)26-13-18(27-19(14-28)25-23(30)22(29)21(27)24(26)31)20(16-9-5-3-6-10-16)17-11-7-4-8-12-17/h3-12,15,18,20,28-29H,13-14H2,1-2H3/t18-/m1/s1. The second kappa shape index (κ2) is 8.35. The van der Waals surface area contributed by atoms with Crippen molar-refractivity contribution in [3.05, 3.63) is 93.7 Å². The first-order chi connectivity index (χ1) is 14.9. The zero-order valence-electron chi connectivity index (χ0n) is 17.5. The molecule has 7 heteroatoms. The Morgan fingerprint density at radius 3 is 2.03 bits per heavy atom. The van der Waals surface area contributed by atoms with Crippen LogP contribution in [0.5, 0.6) is 5.75 Å². The average Bonchev–Trinajstić information content (AvgIpc) is 2.78. The summed E-state index contributed by atoms with van der Waals surface area (Å²) >= 11 is 0. The van der Waals surface area contributed by atoms with Crippen molar-refractivity contribution in [1.82, 2.24) is 14.5 Å². The van der Waals surface area contributed by atoms with E-state index in [0.29, 0.717) is 6.54 Å². The molecule has 4 rings (SSSR count). The van der Waals surface area contributed by atoms with Gasteiger partial charge in [0, 0.05) is 18.5 Å². The van der Waals surface area contributed by atoms with Crippen molar-refractivity contribution < 1.29 is 15.0 Å². The minimum absolute atomic E-state index is 0.0661. The molecule has 0 unspecified atom stereocenters. The molecule has 1 aliphatic rings. The van der Waals surface area contributed by atoms with Gasteiger partial charge < -0.3 is 19.7 Å². The van der Waals surface area contributed by atoms with Crippen LogP contribution in [0.4, 0.5) is 0 Å². The molecule has 160 valence electrons. The first kappa shape index (κ1) is 20.8. The Hall–Kier alpha value is -3.45. The highest BCUT2D eigenvalue weighted by Crippen LogP contribution is 2.40. The molecule has 2 N–H and O–H groups in total. The van der Waals surface area contributed by atoms with Crippen molar-refractivity contribution in [2.24, 2.45) is 0 Å². The van der Waals surface area contributed by atoms with Gasteiger partial charge in [-0.25, -0.2) is 0 Å². The number of aliphatic hydroxyl groups excluding tert-OH is 1. The fraction of sp³-hybridized carbons (Fsp3) is 0.292. The zero-order chi connectivity index (χ0) is 22.1. The highest BCUT2D eigenvalue weighted by Gasteiger charge is 2.41. The highest BCUT2D eigenvalue weighted by atomic mass is 16.3. The summed E-state index contributed by atoms with van der Waals surface area (Å²) in [6, 6.07) is 19.2. The number of fused-ring (bicyclic) bond motifs is 1. The predicted octanol–water partition coefficient (Wildman–Crippen LogP) is 2.68. The van der Waals surface area contributed by atoms with Crippen LogP contribution in [0.2, 0.25) is 0 Å². The van der Waals surface area contributed by atoms with E-state index in [9.17, 15) is 19.8 Å². The minimum Gasteiger partial charge on any atom is -0.501 e. The lowest BCUT2D eigenvalue weighted by Gasteiger charge is -2.42. The molecule has 0 aliphatic carbocycles. The van der Waals surface area contributed by atoms with Gasteiger partial charge in [-0.1, -0.05) is 60.7 Å². The van der Waals surface area contributed by atoms with Crippen molar-refractivity contribution in [2.45, 2.75) is 38.5 Å². The van der Waals surface area contributed by atoms with Crippen LogP contribution in [0, 0.1) is 0 Å². The first-order valence-corrected chi connectivity index (χ1v) is 10.3. The molecule has 1 atom stereocenters. The smallest absolute Gasteiger partial charge is 0.316 e. The third-order valence-corrected chi connectivity index (χ3v) is 5.82. The Bertz CT molecular complexity index is 1100. The summed E-state index contributed by atoms with van der Waals surface area (Å²) < 4.78 is 1.56. The minimum atomic E-state index is -0.913. The molecule has 0 saturated carbocycles. The number of hydrogen-bond donors (Lipinski definition) is 2. The average molecular weight is 419 g/mol. The molecule has 0 bridgehead atoms. The van der Waals surface area contributed by atoms with Gasteiger partial charge in [-0.15, -0.1) is 0 Å². The Balaban J connectivity index is 2.02. The molecule has 3 aromatic rings. The largest absolute Gasteiger partial charge is 0.501 e. The third kappa shape index (κ3) is 3.61. The number of rotatable bonds is 5. The summed E-state index contributed by atoms with van der Waals surface area (Å²) in [5.41, 5.74) is 1.00. The predicted molar refractivity (Wildman–Crippen MR) is 116 cm³/mol. The normalized spacial score (nSPS) is 16.1. The van der Waals surface area contributed by atoms with E-state index in [0.717, 1.165) is 11.1 Å². The van der Waals surface area contributed by atoms with Gasteiger partial charge in [-0.2, -0.15) is 4.98 Å². The number of nitrogens with zero attached hydrogens (tertiary/aromatic N) is 3. The van der Waals surface area contributed by atoms with Crippen LogP contribution >= 0.6 is 0 Å². The topological polar surface area (TPSA) is 95.7 Å². The lowest BCUT2D eigenvalue weighted by Crippen LogP contribution is -2.50. The van der Waals surface area contributed by atoms with E-state index in [4.69, 9.17) is 0 Å². The Morgan fingerprint density at radius 1 is 1.00 bits per heavy atom. The van der Waals surface area contributed by atoms with Gasteiger partial charge in [0.2, 0.25) is 5.75 Å². The SMILES string of the molecule is CC(C)N1C[C@H](C(c2ccccc2)c2ccccc2)n2c(CO)nc(=O)c(O)c2C1=O. The molecule has 0 fully saturated rings. The Kier molecular flexibility index (Phi) is 5.61. The van der Waals surface area contributed by atoms with Gasteiger partial charge in [0.1, 0.15) is 12.4 Å². The van der Waals surface area contributed by atoms with Crippen molar-refractivity contribution in [3.63, 3.8) is 0 Å². The van der Waals surface area contributed by atoms with Crippen LogP contribution in [0.15, 0.2) is 65.5 Å². The van der Waals surface area contributed by atoms with Gasteiger partial charge >= 0.3 is 5.56 Å². The van der Waals surface area contributed by atoms with Gasteiger partial charge in [0.15, 0.2) is 5.69 Å².